The first-order chi connectivity index (χ1) is 10.5. The first kappa shape index (κ1) is 18.2. The number of rotatable bonds is 8. The van der Waals surface area contributed by atoms with Gasteiger partial charge >= 0.3 is 5.97 Å². The van der Waals surface area contributed by atoms with Crippen LogP contribution in [0.1, 0.15) is 43.1 Å². The minimum Gasteiger partial charge on any atom is -0.469 e. The highest BCUT2D eigenvalue weighted by molar-refractivity contribution is 5.94. The number of carbonyl (C=O) groups excluding carboxylic acids is 2. The van der Waals surface area contributed by atoms with Gasteiger partial charge in [-0.1, -0.05) is 26.0 Å². The minimum atomic E-state index is -0.331. The van der Waals surface area contributed by atoms with Crippen molar-refractivity contribution < 1.29 is 14.3 Å². The number of benzene rings is 1. The van der Waals surface area contributed by atoms with Crippen molar-refractivity contribution in [1.29, 1.82) is 0 Å². The Morgan fingerprint density at radius 3 is 2.27 bits per heavy atom. The molecule has 22 heavy (non-hydrogen) atoms. The van der Waals surface area contributed by atoms with E-state index in [-0.39, 0.29) is 24.3 Å². The van der Waals surface area contributed by atoms with E-state index in [1.165, 1.54) is 12.7 Å². The van der Waals surface area contributed by atoms with Crippen LogP contribution in [0.5, 0.6) is 0 Å². The summed E-state index contributed by atoms with van der Waals surface area (Å²) in [5, 5.41) is 2.79. The van der Waals surface area contributed by atoms with Gasteiger partial charge < -0.3 is 10.1 Å². The first-order valence-electron chi connectivity index (χ1n) is 7.69. The number of hydrogen-bond acceptors (Lipinski definition) is 4. The standard InChI is InChI=1S/C17H26N2O3/c1-5-19(6-2)12-14-7-9-15(10-8-14)17(21)18-13(3)11-16(20)22-4/h7-10,13H,5-6,11-12H2,1-4H3,(H,18,21). The van der Waals surface area contributed by atoms with Crippen molar-refractivity contribution >= 4 is 11.9 Å². The van der Waals surface area contributed by atoms with E-state index in [0.717, 1.165) is 19.6 Å². The molecule has 122 valence electrons. The molecule has 1 aromatic carbocycles. The summed E-state index contributed by atoms with van der Waals surface area (Å²) < 4.78 is 4.59. The van der Waals surface area contributed by atoms with Crippen molar-refractivity contribution in [2.75, 3.05) is 20.2 Å². The smallest absolute Gasteiger partial charge is 0.307 e. The average Bonchev–Trinajstić information content (AvgIpc) is 2.52. The van der Waals surface area contributed by atoms with Gasteiger partial charge in [0.1, 0.15) is 0 Å². The summed E-state index contributed by atoms with van der Waals surface area (Å²) in [6.07, 6.45) is 0.169. The molecule has 0 heterocycles. The second kappa shape index (κ2) is 9.20. The van der Waals surface area contributed by atoms with Crippen LogP contribution in [0, 0.1) is 0 Å². The fourth-order valence-corrected chi connectivity index (χ4v) is 2.16. The number of ether oxygens (including phenoxy) is 1. The Morgan fingerprint density at radius 1 is 1.18 bits per heavy atom. The lowest BCUT2D eigenvalue weighted by atomic mass is 10.1. The molecule has 0 bridgehead atoms. The van der Waals surface area contributed by atoms with E-state index in [1.807, 2.05) is 24.3 Å². The van der Waals surface area contributed by atoms with Crippen LogP contribution in [-0.2, 0) is 16.1 Å². The maximum absolute atomic E-state index is 12.1. The predicted molar refractivity (Wildman–Crippen MR) is 86.6 cm³/mol. The second-order valence-electron chi connectivity index (χ2n) is 5.31. The van der Waals surface area contributed by atoms with Crippen LogP contribution >= 0.6 is 0 Å². The molecule has 0 radical (unpaired) electrons. The van der Waals surface area contributed by atoms with Crippen molar-refractivity contribution in [1.82, 2.24) is 10.2 Å². The van der Waals surface area contributed by atoms with Gasteiger partial charge in [-0.25, -0.2) is 0 Å². The lowest BCUT2D eigenvalue weighted by Crippen LogP contribution is -2.34. The number of hydrogen-bond donors (Lipinski definition) is 1. The third kappa shape index (κ3) is 5.85. The normalized spacial score (nSPS) is 12.0. The van der Waals surface area contributed by atoms with Gasteiger partial charge in [-0.3, -0.25) is 14.5 Å². The molecule has 0 aliphatic rings. The highest BCUT2D eigenvalue weighted by Gasteiger charge is 2.13. The molecule has 1 rings (SSSR count). The molecule has 1 amide bonds. The Morgan fingerprint density at radius 2 is 1.77 bits per heavy atom. The Balaban J connectivity index is 2.58. The molecule has 5 heteroatoms. The van der Waals surface area contributed by atoms with Gasteiger partial charge in [-0.2, -0.15) is 0 Å². The topological polar surface area (TPSA) is 58.6 Å². The third-order valence-corrected chi connectivity index (χ3v) is 3.59. The maximum Gasteiger partial charge on any atom is 0.307 e. The minimum absolute atomic E-state index is 0.169. The molecule has 1 unspecified atom stereocenters. The van der Waals surface area contributed by atoms with Crippen LogP contribution < -0.4 is 5.32 Å². The third-order valence-electron chi connectivity index (χ3n) is 3.59. The maximum atomic E-state index is 12.1. The number of amides is 1. The van der Waals surface area contributed by atoms with Gasteiger partial charge in [-0.05, 0) is 37.7 Å². The van der Waals surface area contributed by atoms with Crippen LogP contribution in [-0.4, -0.2) is 43.0 Å². The Bertz CT molecular complexity index is 481. The molecule has 1 N–H and O–H groups in total. The Hall–Kier alpha value is -1.88. The largest absolute Gasteiger partial charge is 0.469 e. The summed E-state index contributed by atoms with van der Waals surface area (Å²) in [4.78, 5) is 25.6. The van der Waals surface area contributed by atoms with Gasteiger partial charge in [0.05, 0.1) is 13.5 Å². The van der Waals surface area contributed by atoms with E-state index in [0.29, 0.717) is 5.56 Å². The van der Waals surface area contributed by atoms with Gasteiger partial charge in [0.25, 0.3) is 5.91 Å². The van der Waals surface area contributed by atoms with Crippen LogP contribution in [0.15, 0.2) is 24.3 Å². The molecular weight excluding hydrogens is 280 g/mol. The molecule has 5 nitrogen and oxygen atoms in total. The van der Waals surface area contributed by atoms with E-state index in [9.17, 15) is 9.59 Å². The molecule has 0 aromatic heterocycles. The van der Waals surface area contributed by atoms with Gasteiger partial charge in [0.15, 0.2) is 0 Å². The van der Waals surface area contributed by atoms with Crippen LogP contribution in [0.3, 0.4) is 0 Å². The van der Waals surface area contributed by atoms with Crippen molar-refractivity contribution in [3.63, 3.8) is 0 Å². The lowest BCUT2D eigenvalue weighted by molar-refractivity contribution is -0.141. The second-order valence-corrected chi connectivity index (χ2v) is 5.31. The fraction of sp³-hybridized carbons (Fsp3) is 0.529. The molecule has 0 fully saturated rings. The molecule has 0 aliphatic carbocycles. The zero-order valence-electron chi connectivity index (χ0n) is 13.9. The van der Waals surface area contributed by atoms with Crippen molar-refractivity contribution in [2.45, 2.75) is 39.8 Å². The first-order valence-corrected chi connectivity index (χ1v) is 7.69. The van der Waals surface area contributed by atoms with Gasteiger partial charge in [0.2, 0.25) is 0 Å². The van der Waals surface area contributed by atoms with Gasteiger partial charge in [0, 0.05) is 18.2 Å². The SMILES string of the molecule is CCN(CC)Cc1ccc(C(=O)NC(C)CC(=O)OC)cc1. The summed E-state index contributed by atoms with van der Waals surface area (Å²) in [6.45, 7) is 8.94. The summed E-state index contributed by atoms with van der Waals surface area (Å²) in [7, 11) is 1.34. The zero-order valence-corrected chi connectivity index (χ0v) is 13.9. The summed E-state index contributed by atoms with van der Waals surface area (Å²) >= 11 is 0. The monoisotopic (exact) mass is 306 g/mol. The van der Waals surface area contributed by atoms with Crippen molar-refractivity contribution in [3.8, 4) is 0 Å². The van der Waals surface area contributed by atoms with E-state index in [4.69, 9.17) is 0 Å². The zero-order chi connectivity index (χ0) is 16.5. The van der Waals surface area contributed by atoms with Crippen molar-refractivity contribution in [3.05, 3.63) is 35.4 Å². The average molecular weight is 306 g/mol. The molecular formula is C17H26N2O3. The molecule has 1 aromatic rings. The van der Waals surface area contributed by atoms with Crippen molar-refractivity contribution in [2.24, 2.45) is 0 Å². The van der Waals surface area contributed by atoms with Crippen LogP contribution in [0.4, 0.5) is 0 Å². The molecule has 0 saturated heterocycles. The number of carbonyl (C=O) groups is 2. The highest BCUT2D eigenvalue weighted by Crippen LogP contribution is 2.08. The van der Waals surface area contributed by atoms with Crippen LogP contribution in [0.25, 0.3) is 0 Å². The highest BCUT2D eigenvalue weighted by atomic mass is 16.5. The molecule has 0 spiro atoms. The van der Waals surface area contributed by atoms with E-state index < -0.39 is 0 Å². The number of nitrogens with zero attached hydrogens (tertiary/aromatic N) is 1. The molecule has 0 aliphatic heterocycles. The number of esters is 1. The number of methoxy groups -OCH3 is 1. The predicted octanol–water partition coefficient (Wildman–Crippen LogP) is 2.21. The Labute approximate surface area is 132 Å². The summed E-state index contributed by atoms with van der Waals surface area (Å²) in [6, 6.07) is 7.32. The fourth-order valence-electron chi connectivity index (χ4n) is 2.16. The summed E-state index contributed by atoms with van der Waals surface area (Å²) in [5.74, 6) is -0.506. The van der Waals surface area contributed by atoms with Gasteiger partial charge in [-0.15, -0.1) is 0 Å². The molecule has 0 saturated carbocycles. The quantitative estimate of drug-likeness (QED) is 0.748. The molecule has 1 atom stereocenters. The lowest BCUT2D eigenvalue weighted by Gasteiger charge is -2.18. The summed E-state index contributed by atoms with van der Waals surface area (Å²) in [5.41, 5.74) is 1.78. The Kier molecular flexibility index (Phi) is 7.60. The van der Waals surface area contributed by atoms with Crippen LogP contribution in [0.2, 0.25) is 0 Å². The van der Waals surface area contributed by atoms with E-state index >= 15 is 0 Å². The van der Waals surface area contributed by atoms with E-state index in [2.05, 4.69) is 28.8 Å². The number of nitrogens with one attached hydrogen (secondary N) is 1. The van der Waals surface area contributed by atoms with E-state index in [1.54, 1.807) is 6.92 Å².